The molecule has 8 heteroatoms. The second-order valence-corrected chi connectivity index (χ2v) is 7.33. The van der Waals surface area contributed by atoms with E-state index in [2.05, 4.69) is 15.3 Å². The van der Waals surface area contributed by atoms with Crippen molar-refractivity contribution in [3.8, 4) is 0 Å². The first kappa shape index (κ1) is 20.5. The summed E-state index contributed by atoms with van der Waals surface area (Å²) in [7, 11) is 0. The molecule has 1 fully saturated rings. The van der Waals surface area contributed by atoms with Crippen LogP contribution in [0.5, 0.6) is 0 Å². The minimum absolute atomic E-state index is 0.0420. The van der Waals surface area contributed by atoms with Crippen molar-refractivity contribution in [2.75, 3.05) is 25.0 Å². The van der Waals surface area contributed by atoms with Crippen LogP contribution in [0.4, 0.5) is 5.69 Å². The average molecular weight is 418 g/mol. The van der Waals surface area contributed by atoms with Gasteiger partial charge in [0.15, 0.2) is 12.3 Å². The van der Waals surface area contributed by atoms with Crippen molar-refractivity contribution < 1.29 is 19.1 Å². The third-order valence-corrected chi connectivity index (χ3v) is 5.24. The Morgan fingerprint density at radius 3 is 2.39 bits per heavy atom. The number of aromatic nitrogens is 2. The first-order valence-electron chi connectivity index (χ1n) is 10.1. The van der Waals surface area contributed by atoms with E-state index in [1.807, 2.05) is 36.4 Å². The number of benzene rings is 2. The SMILES string of the molecule is O=C(OCC(=O)N1CCC(C(=O)Nc2ccccc2)CC1)c1cnc2ccccc2n1. The number of likely N-dealkylation sites (tertiary alicyclic amines) is 1. The molecule has 0 saturated carbocycles. The van der Waals surface area contributed by atoms with E-state index in [1.54, 1.807) is 23.1 Å². The highest BCUT2D eigenvalue weighted by molar-refractivity contribution is 5.93. The first-order chi connectivity index (χ1) is 15.1. The van der Waals surface area contributed by atoms with Crippen molar-refractivity contribution in [1.82, 2.24) is 14.9 Å². The Balaban J connectivity index is 1.25. The van der Waals surface area contributed by atoms with Crippen LogP contribution in [0.1, 0.15) is 23.3 Å². The van der Waals surface area contributed by atoms with Gasteiger partial charge in [0.2, 0.25) is 5.91 Å². The monoisotopic (exact) mass is 418 g/mol. The Morgan fingerprint density at radius 2 is 1.65 bits per heavy atom. The number of esters is 1. The molecule has 0 spiro atoms. The minimum Gasteiger partial charge on any atom is -0.451 e. The molecule has 2 amide bonds. The molecular weight excluding hydrogens is 396 g/mol. The number of fused-ring (bicyclic) bond motifs is 1. The minimum atomic E-state index is -0.691. The Hall–Kier alpha value is -3.81. The number of amides is 2. The number of ether oxygens (including phenoxy) is 1. The predicted octanol–water partition coefficient (Wildman–Crippen LogP) is 2.66. The molecule has 0 bridgehead atoms. The lowest BCUT2D eigenvalue weighted by molar-refractivity contribution is -0.137. The van der Waals surface area contributed by atoms with E-state index in [0.717, 1.165) is 5.69 Å². The number of hydrogen-bond donors (Lipinski definition) is 1. The third kappa shape index (κ3) is 5.03. The highest BCUT2D eigenvalue weighted by Crippen LogP contribution is 2.20. The van der Waals surface area contributed by atoms with Gasteiger partial charge < -0.3 is 15.0 Å². The fourth-order valence-electron chi connectivity index (χ4n) is 3.50. The molecule has 158 valence electrons. The number of carbonyl (C=O) groups is 3. The van der Waals surface area contributed by atoms with E-state index in [1.165, 1.54) is 6.20 Å². The summed E-state index contributed by atoms with van der Waals surface area (Å²) >= 11 is 0. The summed E-state index contributed by atoms with van der Waals surface area (Å²) in [6.45, 7) is 0.520. The highest BCUT2D eigenvalue weighted by Gasteiger charge is 2.28. The van der Waals surface area contributed by atoms with Crippen LogP contribution in [-0.4, -0.2) is 52.3 Å². The van der Waals surface area contributed by atoms with E-state index >= 15 is 0 Å². The summed E-state index contributed by atoms with van der Waals surface area (Å²) in [6.07, 6.45) is 2.47. The van der Waals surface area contributed by atoms with Crippen molar-refractivity contribution in [1.29, 1.82) is 0 Å². The van der Waals surface area contributed by atoms with Crippen molar-refractivity contribution in [3.63, 3.8) is 0 Å². The summed E-state index contributed by atoms with van der Waals surface area (Å²) in [6, 6.07) is 16.5. The smallest absolute Gasteiger partial charge is 0.359 e. The topological polar surface area (TPSA) is 101 Å². The van der Waals surface area contributed by atoms with Crippen LogP contribution < -0.4 is 5.32 Å². The fraction of sp³-hybridized carbons (Fsp3) is 0.261. The lowest BCUT2D eigenvalue weighted by Gasteiger charge is -2.31. The number of rotatable bonds is 5. The summed E-state index contributed by atoms with van der Waals surface area (Å²) < 4.78 is 5.13. The predicted molar refractivity (Wildman–Crippen MR) is 114 cm³/mol. The van der Waals surface area contributed by atoms with E-state index in [4.69, 9.17) is 4.74 Å². The lowest BCUT2D eigenvalue weighted by atomic mass is 9.95. The van der Waals surface area contributed by atoms with Gasteiger partial charge in [-0.2, -0.15) is 0 Å². The summed E-state index contributed by atoms with van der Waals surface area (Å²) in [4.78, 5) is 47.1. The molecule has 0 radical (unpaired) electrons. The maximum atomic E-state index is 12.4. The zero-order chi connectivity index (χ0) is 21.6. The normalized spacial score (nSPS) is 14.3. The molecule has 2 heterocycles. The highest BCUT2D eigenvalue weighted by atomic mass is 16.5. The van der Waals surface area contributed by atoms with Gasteiger partial charge in [-0.05, 0) is 37.1 Å². The second kappa shape index (κ2) is 9.34. The van der Waals surface area contributed by atoms with Crippen molar-refractivity contribution in [3.05, 3.63) is 66.5 Å². The van der Waals surface area contributed by atoms with Crippen LogP contribution in [0.2, 0.25) is 0 Å². The number of carbonyl (C=O) groups excluding carboxylic acids is 3. The van der Waals surface area contributed by atoms with Crippen molar-refractivity contribution in [2.24, 2.45) is 5.92 Å². The van der Waals surface area contributed by atoms with Gasteiger partial charge in [0.25, 0.3) is 5.91 Å². The molecule has 3 aromatic rings. The number of anilines is 1. The molecule has 0 atom stereocenters. The number of piperidine rings is 1. The molecule has 2 aromatic carbocycles. The molecule has 8 nitrogen and oxygen atoms in total. The third-order valence-electron chi connectivity index (χ3n) is 5.24. The summed E-state index contributed by atoms with van der Waals surface area (Å²) in [5.41, 5.74) is 2.07. The molecule has 4 rings (SSSR count). The van der Waals surface area contributed by atoms with Gasteiger partial charge in [0, 0.05) is 24.7 Å². The lowest BCUT2D eigenvalue weighted by Crippen LogP contribution is -2.43. The molecule has 1 aromatic heterocycles. The van der Waals surface area contributed by atoms with Crippen molar-refractivity contribution >= 4 is 34.5 Å². The van der Waals surface area contributed by atoms with Crippen LogP contribution in [0, 0.1) is 5.92 Å². The number of hydrogen-bond acceptors (Lipinski definition) is 6. The standard InChI is InChI=1S/C23H22N4O4/c28-21(15-31-23(30)20-14-24-18-8-4-5-9-19(18)26-20)27-12-10-16(11-13-27)22(29)25-17-6-2-1-3-7-17/h1-9,14,16H,10-13,15H2,(H,25,29). The Morgan fingerprint density at radius 1 is 0.968 bits per heavy atom. The van der Waals surface area contributed by atoms with E-state index in [9.17, 15) is 14.4 Å². The van der Waals surface area contributed by atoms with E-state index in [0.29, 0.717) is 37.0 Å². The molecule has 1 aliphatic rings. The Labute approximate surface area is 179 Å². The molecule has 1 aliphatic heterocycles. The van der Waals surface area contributed by atoms with E-state index in [-0.39, 0.29) is 30.0 Å². The largest absolute Gasteiger partial charge is 0.451 e. The quantitative estimate of drug-likeness (QED) is 0.639. The second-order valence-electron chi connectivity index (χ2n) is 7.33. The van der Waals surface area contributed by atoms with Crippen LogP contribution in [0.15, 0.2) is 60.8 Å². The van der Waals surface area contributed by atoms with Gasteiger partial charge in [-0.15, -0.1) is 0 Å². The average Bonchev–Trinajstić information content (AvgIpc) is 2.82. The van der Waals surface area contributed by atoms with Crippen LogP contribution in [0.25, 0.3) is 11.0 Å². The van der Waals surface area contributed by atoms with Gasteiger partial charge in [0.1, 0.15) is 0 Å². The maximum Gasteiger partial charge on any atom is 0.359 e. The fourth-order valence-corrected chi connectivity index (χ4v) is 3.50. The number of para-hydroxylation sites is 3. The molecule has 0 unspecified atom stereocenters. The van der Waals surface area contributed by atoms with Gasteiger partial charge in [0.05, 0.1) is 17.2 Å². The number of nitrogens with one attached hydrogen (secondary N) is 1. The van der Waals surface area contributed by atoms with Crippen molar-refractivity contribution in [2.45, 2.75) is 12.8 Å². The maximum absolute atomic E-state index is 12.4. The molecule has 31 heavy (non-hydrogen) atoms. The van der Waals surface area contributed by atoms with Gasteiger partial charge in [-0.25, -0.2) is 9.78 Å². The zero-order valence-electron chi connectivity index (χ0n) is 16.9. The first-order valence-corrected chi connectivity index (χ1v) is 10.1. The summed E-state index contributed by atoms with van der Waals surface area (Å²) in [5, 5.41) is 2.90. The Kier molecular flexibility index (Phi) is 6.16. The molecular formula is C23H22N4O4. The molecule has 1 saturated heterocycles. The Bertz CT molecular complexity index is 1090. The van der Waals surface area contributed by atoms with Crippen LogP contribution in [0.3, 0.4) is 0 Å². The van der Waals surface area contributed by atoms with Gasteiger partial charge in [-0.3, -0.25) is 14.6 Å². The summed E-state index contributed by atoms with van der Waals surface area (Å²) in [5.74, 6) is -1.17. The van der Waals surface area contributed by atoms with Crippen LogP contribution in [-0.2, 0) is 14.3 Å². The van der Waals surface area contributed by atoms with Gasteiger partial charge in [-0.1, -0.05) is 30.3 Å². The molecule has 1 N–H and O–H groups in total. The van der Waals surface area contributed by atoms with Crippen LogP contribution >= 0.6 is 0 Å². The zero-order valence-corrected chi connectivity index (χ0v) is 16.9. The van der Waals surface area contributed by atoms with E-state index < -0.39 is 5.97 Å². The molecule has 0 aliphatic carbocycles. The number of nitrogens with zero attached hydrogens (tertiary/aromatic N) is 3. The van der Waals surface area contributed by atoms with Gasteiger partial charge >= 0.3 is 5.97 Å².